The quantitative estimate of drug-likeness (QED) is 0.518. The molecule has 2 aromatic carbocycles. The number of aromatic amines is 1. The van der Waals surface area contributed by atoms with E-state index in [1.807, 2.05) is 34.9 Å². The van der Waals surface area contributed by atoms with Gasteiger partial charge in [-0.05, 0) is 66.3 Å². The van der Waals surface area contributed by atoms with Crippen molar-refractivity contribution in [2.45, 2.75) is 33.1 Å². The van der Waals surface area contributed by atoms with Crippen LogP contribution in [-0.4, -0.2) is 69.8 Å². The van der Waals surface area contributed by atoms with Crippen molar-refractivity contribution >= 4 is 34.4 Å². The lowest BCUT2D eigenvalue weighted by Gasteiger charge is -2.22. The number of carbonyl (C=O) groups excluding carboxylic acids is 2. The summed E-state index contributed by atoms with van der Waals surface area (Å²) in [5, 5.41) is 11.3. The Bertz CT molecular complexity index is 1350. The molecule has 1 N–H and O–H groups in total. The van der Waals surface area contributed by atoms with Crippen molar-refractivity contribution in [1.82, 2.24) is 25.2 Å². The van der Waals surface area contributed by atoms with Crippen LogP contribution in [0.4, 0.5) is 0 Å². The first kappa shape index (κ1) is 24.3. The van der Waals surface area contributed by atoms with Crippen LogP contribution in [-0.2, 0) is 4.79 Å². The lowest BCUT2D eigenvalue weighted by Crippen LogP contribution is -2.36. The van der Waals surface area contributed by atoms with E-state index in [0.717, 1.165) is 23.1 Å². The number of amides is 2. The molecule has 1 fully saturated rings. The van der Waals surface area contributed by atoms with Crippen LogP contribution in [0.25, 0.3) is 11.0 Å². The summed E-state index contributed by atoms with van der Waals surface area (Å²) in [5.41, 5.74) is 5.24. The van der Waals surface area contributed by atoms with Gasteiger partial charge in [-0.2, -0.15) is 0 Å². The largest absolute Gasteiger partial charge is 0.483 e. The van der Waals surface area contributed by atoms with Gasteiger partial charge in [0.1, 0.15) is 11.3 Å². The minimum absolute atomic E-state index is 0.00517. The zero-order valence-electron chi connectivity index (χ0n) is 20.8. The first-order valence-electron chi connectivity index (χ1n) is 12.3. The molecule has 188 valence electrons. The van der Waals surface area contributed by atoms with Gasteiger partial charge in [0.05, 0.1) is 5.52 Å². The highest BCUT2D eigenvalue weighted by Crippen LogP contribution is 2.33. The number of fused-ring (bicyclic) bond motifs is 2. The normalized spacial score (nSPS) is 17.8. The maximum absolute atomic E-state index is 13.1. The highest BCUT2D eigenvalue weighted by atomic mass is 35.5. The summed E-state index contributed by atoms with van der Waals surface area (Å²) in [6, 6.07) is 9.25. The molecule has 8 nitrogen and oxygen atoms in total. The summed E-state index contributed by atoms with van der Waals surface area (Å²) in [4.78, 5) is 29.8. The maximum Gasteiger partial charge on any atom is 0.260 e. The van der Waals surface area contributed by atoms with Crippen molar-refractivity contribution in [3.63, 3.8) is 0 Å². The van der Waals surface area contributed by atoms with E-state index in [0.29, 0.717) is 48.0 Å². The van der Waals surface area contributed by atoms with Crippen molar-refractivity contribution in [2.24, 2.45) is 5.92 Å². The predicted octanol–water partition coefficient (Wildman–Crippen LogP) is 4.35. The predicted molar refractivity (Wildman–Crippen MR) is 138 cm³/mol. The highest BCUT2D eigenvalue weighted by molar-refractivity contribution is 6.31. The Kier molecular flexibility index (Phi) is 6.71. The number of nitrogens with one attached hydrogen (secondary N) is 1. The molecule has 5 rings (SSSR count). The second kappa shape index (κ2) is 9.93. The van der Waals surface area contributed by atoms with Gasteiger partial charge in [0.15, 0.2) is 6.61 Å². The molecule has 0 aliphatic carbocycles. The van der Waals surface area contributed by atoms with E-state index in [9.17, 15) is 9.59 Å². The fourth-order valence-electron chi connectivity index (χ4n) is 4.95. The summed E-state index contributed by atoms with van der Waals surface area (Å²) >= 11 is 6.29. The van der Waals surface area contributed by atoms with Crippen LogP contribution in [0.3, 0.4) is 0 Å². The molecule has 1 saturated heterocycles. The van der Waals surface area contributed by atoms with Gasteiger partial charge in [-0.15, -0.1) is 5.10 Å². The van der Waals surface area contributed by atoms with Gasteiger partial charge in [-0.25, -0.2) is 0 Å². The zero-order chi connectivity index (χ0) is 25.4. The van der Waals surface area contributed by atoms with E-state index in [2.05, 4.69) is 35.3 Å². The fraction of sp³-hybridized carbons (Fsp3) is 0.407. The number of hydrogen-bond acceptors (Lipinski definition) is 5. The molecule has 2 aliphatic heterocycles. The first-order valence-corrected chi connectivity index (χ1v) is 12.7. The smallest absolute Gasteiger partial charge is 0.260 e. The minimum Gasteiger partial charge on any atom is -0.483 e. The number of ether oxygens (including phenoxy) is 1. The summed E-state index contributed by atoms with van der Waals surface area (Å²) in [5.74, 6) is 1.16. The maximum atomic E-state index is 13.1. The SMILES string of the molecule is Cc1cc(OCC(=O)N2CC=C3CN(C(=O)c4ccc5[nH]nnc5c4)C[C@H]3CC2)c(C(C)C)cc1Cl. The van der Waals surface area contributed by atoms with Gasteiger partial charge in [0.2, 0.25) is 0 Å². The van der Waals surface area contributed by atoms with E-state index < -0.39 is 0 Å². The molecular formula is C27H30ClN5O3. The van der Waals surface area contributed by atoms with Crippen LogP contribution in [0.15, 0.2) is 42.0 Å². The molecule has 2 amide bonds. The molecule has 1 atom stereocenters. The van der Waals surface area contributed by atoms with Gasteiger partial charge >= 0.3 is 0 Å². The first-order chi connectivity index (χ1) is 17.3. The highest BCUT2D eigenvalue weighted by Gasteiger charge is 2.33. The zero-order valence-corrected chi connectivity index (χ0v) is 21.5. The van der Waals surface area contributed by atoms with E-state index in [1.165, 1.54) is 5.57 Å². The number of nitrogens with zero attached hydrogens (tertiary/aromatic N) is 4. The monoisotopic (exact) mass is 507 g/mol. The molecule has 3 heterocycles. The van der Waals surface area contributed by atoms with Crippen molar-refractivity contribution in [3.05, 3.63) is 63.7 Å². The number of likely N-dealkylation sites (tertiary alicyclic amines) is 1. The molecule has 36 heavy (non-hydrogen) atoms. The summed E-state index contributed by atoms with van der Waals surface area (Å²) in [7, 11) is 0. The third-order valence-electron chi connectivity index (χ3n) is 7.14. The van der Waals surface area contributed by atoms with Gasteiger partial charge < -0.3 is 14.5 Å². The van der Waals surface area contributed by atoms with Gasteiger partial charge in [-0.1, -0.05) is 36.7 Å². The Hall–Kier alpha value is -3.39. The van der Waals surface area contributed by atoms with Crippen LogP contribution < -0.4 is 4.74 Å². The lowest BCUT2D eigenvalue weighted by atomic mass is 10.00. The molecule has 0 saturated carbocycles. The van der Waals surface area contributed by atoms with Gasteiger partial charge in [-0.3, -0.25) is 14.7 Å². The standard InChI is InChI=1S/C27H30ClN5O3/c1-16(2)21-12-22(28)17(3)10-25(21)36-15-26(34)32-8-6-19-13-33(14-20(19)7-9-32)27(35)18-4-5-23-24(11-18)30-31-29-23/h4-6,10-12,16,20H,7-9,13-15H2,1-3H3,(H,29,30,31)/t20-/m1/s1. The molecule has 9 heteroatoms. The molecular weight excluding hydrogens is 478 g/mol. The van der Waals surface area contributed by atoms with Crippen molar-refractivity contribution in [3.8, 4) is 5.75 Å². The molecule has 1 aromatic heterocycles. The molecule has 0 unspecified atom stereocenters. The molecule has 0 radical (unpaired) electrons. The van der Waals surface area contributed by atoms with Crippen molar-refractivity contribution in [1.29, 1.82) is 0 Å². The van der Waals surface area contributed by atoms with Crippen LogP contribution >= 0.6 is 11.6 Å². The third kappa shape index (κ3) is 4.82. The Morgan fingerprint density at radius 3 is 2.86 bits per heavy atom. The molecule has 3 aromatic rings. The molecule has 2 aliphatic rings. The second-order valence-corrected chi connectivity index (χ2v) is 10.3. The number of aryl methyl sites for hydroxylation is 1. The number of carbonyl (C=O) groups is 2. The van der Waals surface area contributed by atoms with Crippen LogP contribution in [0, 0.1) is 12.8 Å². The van der Waals surface area contributed by atoms with E-state index >= 15 is 0 Å². The number of rotatable bonds is 5. The van der Waals surface area contributed by atoms with E-state index in [4.69, 9.17) is 16.3 Å². The summed E-state index contributed by atoms with van der Waals surface area (Å²) in [6.45, 7) is 8.48. The number of hydrogen-bond donors (Lipinski definition) is 1. The Labute approximate surface area is 215 Å². The van der Waals surface area contributed by atoms with Crippen molar-refractivity contribution in [2.75, 3.05) is 32.8 Å². The van der Waals surface area contributed by atoms with Gasteiger partial charge in [0, 0.05) is 42.7 Å². The number of aromatic nitrogens is 3. The number of halogens is 1. The average molecular weight is 508 g/mol. The Morgan fingerprint density at radius 2 is 2.06 bits per heavy atom. The lowest BCUT2D eigenvalue weighted by molar-refractivity contribution is -0.132. The summed E-state index contributed by atoms with van der Waals surface area (Å²) < 4.78 is 5.97. The van der Waals surface area contributed by atoms with E-state index in [-0.39, 0.29) is 30.3 Å². The fourth-order valence-corrected chi connectivity index (χ4v) is 5.12. The Morgan fingerprint density at radius 1 is 1.22 bits per heavy atom. The third-order valence-corrected chi connectivity index (χ3v) is 7.54. The number of H-pyrrole nitrogens is 1. The van der Waals surface area contributed by atoms with Crippen LogP contribution in [0.5, 0.6) is 5.75 Å². The summed E-state index contributed by atoms with van der Waals surface area (Å²) in [6.07, 6.45) is 2.93. The second-order valence-electron chi connectivity index (χ2n) is 9.92. The number of benzene rings is 2. The average Bonchev–Trinajstić information content (AvgIpc) is 3.45. The van der Waals surface area contributed by atoms with Crippen molar-refractivity contribution < 1.29 is 14.3 Å². The topological polar surface area (TPSA) is 91.4 Å². The minimum atomic E-state index is -0.0389. The Balaban J connectivity index is 1.21. The van der Waals surface area contributed by atoms with Crippen LogP contribution in [0.2, 0.25) is 5.02 Å². The van der Waals surface area contributed by atoms with Crippen LogP contribution in [0.1, 0.15) is 47.7 Å². The molecule has 0 bridgehead atoms. The van der Waals surface area contributed by atoms with E-state index in [1.54, 1.807) is 12.1 Å². The van der Waals surface area contributed by atoms with Gasteiger partial charge in [0.25, 0.3) is 11.8 Å². The molecule has 0 spiro atoms.